The maximum atomic E-state index is 12.5. The van der Waals surface area contributed by atoms with E-state index < -0.39 is 0 Å². The van der Waals surface area contributed by atoms with E-state index in [2.05, 4.69) is 37.3 Å². The Balaban J connectivity index is 1.52. The van der Waals surface area contributed by atoms with E-state index in [-0.39, 0.29) is 5.41 Å². The van der Waals surface area contributed by atoms with Crippen LogP contribution in [0.25, 0.3) is 21.9 Å². The number of aryl methyl sites for hydroxylation is 1. The van der Waals surface area contributed by atoms with E-state index in [4.69, 9.17) is 4.42 Å². The number of benzene rings is 2. The lowest BCUT2D eigenvalue weighted by Gasteiger charge is -2.48. The van der Waals surface area contributed by atoms with Crippen LogP contribution in [0.15, 0.2) is 40.8 Å². The number of para-hydroxylation sites is 1. The van der Waals surface area contributed by atoms with Crippen molar-refractivity contribution in [2.75, 3.05) is 0 Å². The molecule has 2 heteroatoms. The van der Waals surface area contributed by atoms with Gasteiger partial charge in [0.05, 0.1) is 0 Å². The smallest absolute Gasteiger partial charge is 0.139 e. The Labute approximate surface area is 153 Å². The molecular weight excluding hydrogens is 320 g/mol. The minimum Gasteiger partial charge on any atom is -0.456 e. The molecule has 6 rings (SSSR count). The van der Waals surface area contributed by atoms with Crippen molar-refractivity contribution in [1.29, 1.82) is 0 Å². The second-order valence-corrected chi connectivity index (χ2v) is 8.94. The van der Waals surface area contributed by atoms with Crippen molar-refractivity contribution in [2.45, 2.75) is 51.4 Å². The Kier molecular flexibility index (Phi) is 2.89. The maximum Gasteiger partial charge on any atom is 0.139 e. The van der Waals surface area contributed by atoms with Gasteiger partial charge in [-0.3, -0.25) is 4.79 Å². The first-order valence-corrected chi connectivity index (χ1v) is 10.1. The van der Waals surface area contributed by atoms with E-state index in [1.807, 2.05) is 6.07 Å². The summed E-state index contributed by atoms with van der Waals surface area (Å²) in [7, 11) is 0. The van der Waals surface area contributed by atoms with Crippen LogP contribution < -0.4 is 0 Å². The first-order valence-electron chi connectivity index (χ1n) is 10.1. The second-order valence-electron chi connectivity index (χ2n) is 8.94. The monoisotopic (exact) mass is 344 g/mol. The van der Waals surface area contributed by atoms with Crippen LogP contribution in [0, 0.1) is 17.3 Å². The molecule has 1 heterocycles. The lowest BCUT2D eigenvalue weighted by atomic mass is 9.55. The number of carbonyl (C=O) groups excluding carboxylic acids is 1. The Hall–Kier alpha value is -2.09. The number of hydrogen-bond donors (Lipinski definition) is 0. The van der Waals surface area contributed by atoms with Crippen molar-refractivity contribution in [3.63, 3.8) is 0 Å². The Morgan fingerprint density at radius 1 is 1.00 bits per heavy atom. The second kappa shape index (κ2) is 5.00. The number of ketones is 1. The van der Waals surface area contributed by atoms with E-state index in [1.165, 1.54) is 22.8 Å². The fourth-order valence-corrected chi connectivity index (χ4v) is 6.68. The van der Waals surface area contributed by atoms with E-state index in [0.29, 0.717) is 23.5 Å². The number of furan rings is 1. The fraction of sp³-hybridized carbons (Fsp3) is 0.458. The highest BCUT2D eigenvalue weighted by atomic mass is 16.3. The van der Waals surface area contributed by atoms with Gasteiger partial charge >= 0.3 is 0 Å². The largest absolute Gasteiger partial charge is 0.456 e. The van der Waals surface area contributed by atoms with Gasteiger partial charge < -0.3 is 4.42 Å². The molecule has 3 aromatic rings. The third-order valence-electron chi connectivity index (χ3n) is 7.96. The fourth-order valence-electron chi connectivity index (χ4n) is 6.68. The molecule has 26 heavy (non-hydrogen) atoms. The van der Waals surface area contributed by atoms with Crippen molar-refractivity contribution in [3.05, 3.63) is 47.5 Å². The molecule has 2 fully saturated rings. The summed E-state index contributed by atoms with van der Waals surface area (Å²) in [6, 6.07) is 12.9. The zero-order valence-corrected chi connectivity index (χ0v) is 15.3. The molecule has 2 saturated carbocycles. The van der Waals surface area contributed by atoms with Gasteiger partial charge in [-0.1, -0.05) is 31.2 Å². The van der Waals surface area contributed by atoms with Gasteiger partial charge in [0.1, 0.15) is 16.9 Å². The van der Waals surface area contributed by atoms with Gasteiger partial charge in [0, 0.05) is 22.6 Å². The van der Waals surface area contributed by atoms with Crippen LogP contribution in [-0.2, 0) is 11.2 Å². The molecular formula is C24H24O2. The summed E-state index contributed by atoms with van der Waals surface area (Å²) in [6.07, 6.45) is 6.51. The molecule has 3 aliphatic rings. The molecule has 0 bridgehead atoms. The summed E-state index contributed by atoms with van der Waals surface area (Å²) in [5, 5.41) is 2.60. The maximum absolute atomic E-state index is 12.5. The zero-order valence-electron chi connectivity index (χ0n) is 15.3. The highest BCUT2D eigenvalue weighted by Crippen LogP contribution is 2.60. The number of carbonyl (C=O) groups is 1. The predicted molar refractivity (Wildman–Crippen MR) is 103 cm³/mol. The van der Waals surface area contributed by atoms with Crippen molar-refractivity contribution < 1.29 is 9.21 Å². The molecule has 2 aromatic carbocycles. The van der Waals surface area contributed by atoms with Crippen LogP contribution >= 0.6 is 0 Å². The first-order chi connectivity index (χ1) is 12.7. The van der Waals surface area contributed by atoms with Gasteiger partial charge in [0.25, 0.3) is 0 Å². The average Bonchev–Trinajstić information content (AvgIpc) is 3.19. The molecule has 0 amide bonds. The molecule has 1 aromatic heterocycles. The summed E-state index contributed by atoms with van der Waals surface area (Å²) in [4.78, 5) is 12.5. The standard InChI is InChI=1S/C24H24O2/c1-24-13-12-15-14-8-10-21-23(18-4-2-3-5-20(18)26-21)17(14)7-6-16(15)19(24)9-11-22(24)25/h2-5,8,10,15-16,19H,6-7,9,11-13H2,1H3/t15-,16-,19+,24+/m1/s1. The molecule has 0 unspecified atom stereocenters. The zero-order chi connectivity index (χ0) is 17.5. The van der Waals surface area contributed by atoms with Crippen LogP contribution in [0.3, 0.4) is 0 Å². The van der Waals surface area contributed by atoms with E-state index in [1.54, 1.807) is 5.56 Å². The molecule has 0 N–H and O–H groups in total. The van der Waals surface area contributed by atoms with Crippen LogP contribution in [0.1, 0.15) is 56.1 Å². The highest BCUT2D eigenvalue weighted by molar-refractivity contribution is 6.07. The molecule has 2 nitrogen and oxygen atoms in total. The van der Waals surface area contributed by atoms with E-state index in [9.17, 15) is 4.79 Å². The molecule has 0 spiro atoms. The third-order valence-corrected chi connectivity index (χ3v) is 7.96. The van der Waals surface area contributed by atoms with Gasteiger partial charge in [-0.25, -0.2) is 0 Å². The minimum absolute atomic E-state index is 0.0366. The normalized spacial score (nSPS) is 33.3. The summed E-state index contributed by atoms with van der Waals surface area (Å²) >= 11 is 0. The molecule has 0 radical (unpaired) electrons. The number of hydrogen-bond acceptors (Lipinski definition) is 2. The minimum atomic E-state index is -0.0366. The number of fused-ring (bicyclic) bond motifs is 9. The quantitative estimate of drug-likeness (QED) is 0.500. The average molecular weight is 344 g/mol. The van der Waals surface area contributed by atoms with Crippen molar-refractivity contribution in [2.24, 2.45) is 17.3 Å². The Morgan fingerprint density at radius 3 is 2.81 bits per heavy atom. The Bertz CT molecular complexity index is 1060. The molecule has 132 valence electrons. The Morgan fingerprint density at radius 2 is 1.88 bits per heavy atom. The lowest BCUT2D eigenvalue weighted by Crippen LogP contribution is -2.42. The van der Waals surface area contributed by atoms with Gasteiger partial charge in [-0.05, 0) is 73.1 Å². The predicted octanol–water partition coefficient (Wildman–Crippen LogP) is 6.01. The number of Topliss-reactive ketones (excluding diaryl/α,β-unsaturated/α-hetero) is 1. The molecule has 3 aliphatic carbocycles. The van der Waals surface area contributed by atoms with E-state index >= 15 is 0 Å². The molecule has 4 atom stereocenters. The van der Waals surface area contributed by atoms with Gasteiger partial charge in [-0.15, -0.1) is 0 Å². The molecule has 0 aliphatic heterocycles. The highest BCUT2D eigenvalue weighted by Gasteiger charge is 2.54. The lowest BCUT2D eigenvalue weighted by molar-refractivity contribution is -0.129. The van der Waals surface area contributed by atoms with Gasteiger partial charge in [0.2, 0.25) is 0 Å². The van der Waals surface area contributed by atoms with Crippen LogP contribution in [0.4, 0.5) is 0 Å². The van der Waals surface area contributed by atoms with Gasteiger partial charge in [0.15, 0.2) is 0 Å². The van der Waals surface area contributed by atoms with Crippen molar-refractivity contribution in [3.8, 4) is 0 Å². The van der Waals surface area contributed by atoms with Crippen LogP contribution in [0.2, 0.25) is 0 Å². The van der Waals surface area contributed by atoms with Crippen molar-refractivity contribution >= 4 is 27.7 Å². The summed E-state index contributed by atoms with van der Waals surface area (Å²) < 4.78 is 6.11. The van der Waals surface area contributed by atoms with Crippen LogP contribution in [0.5, 0.6) is 0 Å². The summed E-state index contributed by atoms with van der Waals surface area (Å²) in [5.74, 6) is 2.44. The van der Waals surface area contributed by atoms with E-state index in [0.717, 1.165) is 43.3 Å². The third kappa shape index (κ3) is 1.75. The van der Waals surface area contributed by atoms with Crippen LogP contribution in [-0.4, -0.2) is 5.78 Å². The van der Waals surface area contributed by atoms with Gasteiger partial charge in [-0.2, -0.15) is 0 Å². The molecule has 0 saturated heterocycles. The summed E-state index contributed by atoms with van der Waals surface area (Å²) in [5.41, 5.74) is 5.05. The summed E-state index contributed by atoms with van der Waals surface area (Å²) in [6.45, 7) is 2.26. The van der Waals surface area contributed by atoms with Crippen molar-refractivity contribution in [1.82, 2.24) is 0 Å². The first kappa shape index (κ1) is 15.0. The number of rotatable bonds is 0. The topological polar surface area (TPSA) is 30.2 Å². The SMILES string of the molecule is C[C@]12CC[C@@H]3c4ccc5oc6ccccc6c5c4CC[C@H]3[C@@H]1CCC2=O.